The third-order valence-electron chi connectivity index (χ3n) is 5.42. The minimum atomic E-state index is -1.12. The summed E-state index contributed by atoms with van der Waals surface area (Å²) in [6, 6.07) is 13.7. The maximum Gasteiger partial charge on any atom is 0.274 e. The number of nitrogens with one attached hydrogen (secondary N) is 1. The van der Waals surface area contributed by atoms with Crippen molar-refractivity contribution >= 4 is 39.9 Å². The lowest BCUT2D eigenvalue weighted by Crippen LogP contribution is -2.38. The second kappa shape index (κ2) is 8.99. The lowest BCUT2D eigenvalue weighted by molar-refractivity contribution is -0.132. The summed E-state index contributed by atoms with van der Waals surface area (Å²) in [5, 5.41) is 14.0. The molecule has 0 aliphatic carbocycles. The highest BCUT2D eigenvalue weighted by molar-refractivity contribution is 6.34. The highest BCUT2D eigenvalue weighted by Crippen LogP contribution is 2.26. The molecule has 0 unspecified atom stereocenters. The third-order valence-corrected chi connectivity index (χ3v) is 5.73. The third kappa shape index (κ3) is 4.52. The molecule has 0 bridgehead atoms. The van der Waals surface area contributed by atoms with Crippen LogP contribution in [0.5, 0.6) is 0 Å². The monoisotopic (exact) mass is 441 g/mol. The van der Waals surface area contributed by atoms with Crippen LogP contribution in [0.25, 0.3) is 10.8 Å². The fraction of sp³-hybridized carbons (Fsp3) is 0.261. The summed E-state index contributed by atoms with van der Waals surface area (Å²) in [5.41, 5.74) is 1.32. The van der Waals surface area contributed by atoms with Gasteiger partial charge in [0.1, 0.15) is 11.9 Å². The first-order valence-corrected chi connectivity index (χ1v) is 10.3. The van der Waals surface area contributed by atoms with Crippen LogP contribution in [0.3, 0.4) is 0 Å². The highest BCUT2D eigenvalue weighted by Gasteiger charge is 2.34. The fourth-order valence-electron chi connectivity index (χ4n) is 3.87. The van der Waals surface area contributed by atoms with Crippen LogP contribution in [0.4, 0.5) is 10.1 Å². The number of aliphatic hydroxyl groups excluding tert-OH is 1. The van der Waals surface area contributed by atoms with Crippen molar-refractivity contribution in [3.05, 3.63) is 71.0 Å². The zero-order valence-corrected chi connectivity index (χ0v) is 17.3. The largest absolute Gasteiger partial charge is 0.394 e. The van der Waals surface area contributed by atoms with E-state index in [1.54, 1.807) is 24.4 Å². The van der Waals surface area contributed by atoms with Gasteiger partial charge >= 0.3 is 0 Å². The predicted molar refractivity (Wildman–Crippen MR) is 117 cm³/mol. The van der Waals surface area contributed by atoms with Crippen LogP contribution in [0.15, 0.2) is 54.7 Å². The minimum absolute atomic E-state index is 0.00996. The van der Waals surface area contributed by atoms with Crippen molar-refractivity contribution in [1.82, 2.24) is 9.88 Å². The van der Waals surface area contributed by atoms with Gasteiger partial charge in [0, 0.05) is 18.0 Å². The Kier molecular flexibility index (Phi) is 6.15. The van der Waals surface area contributed by atoms with E-state index in [9.17, 15) is 19.1 Å². The lowest BCUT2D eigenvalue weighted by atomic mass is 10.1. The molecule has 31 heavy (non-hydrogen) atoms. The Balaban J connectivity index is 1.47. The number of aromatic nitrogens is 1. The number of benzene rings is 2. The molecule has 1 fully saturated rings. The van der Waals surface area contributed by atoms with Gasteiger partial charge in [0.2, 0.25) is 5.91 Å². The molecule has 1 saturated heterocycles. The van der Waals surface area contributed by atoms with E-state index in [-0.39, 0.29) is 42.8 Å². The Labute approximate surface area is 183 Å². The van der Waals surface area contributed by atoms with Crippen LogP contribution < -0.4 is 5.32 Å². The Morgan fingerprint density at radius 3 is 2.81 bits per heavy atom. The molecule has 2 N–H and O–H groups in total. The van der Waals surface area contributed by atoms with Gasteiger partial charge in [-0.1, -0.05) is 41.9 Å². The zero-order valence-electron chi connectivity index (χ0n) is 16.6. The average Bonchev–Trinajstić information content (AvgIpc) is 3.16. The van der Waals surface area contributed by atoms with E-state index in [0.29, 0.717) is 16.9 Å². The first-order chi connectivity index (χ1) is 15.0. The number of likely N-dealkylation sites (tertiary alicyclic amines) is 1. The van der Waals surface area contributed by atoms with Crippen LogP contribution in [-0.2, 0) is 11.2 Å². The van der Waals surface area contributed by atoms with Crippen molar-refractivity contribution in [3.63, 3.8) is 0 Å². The molecule has 0 radical (unpaired) electrons. The molecule has 1 aromatic heterocycles. The van der Waals surface area contributed by atoms with Gasteiger partial charge in [-0.25, -0.2) is 4.39 Å². The van der Waals surface area contributed by atoms with E-state index in [4.69, 9.17) is 11.6 Å². The molecule has 1 aliphatic heterocycles. The van der Waals surface area contributed by atoms with Crippen LogP contribution in [0.2, 0.25) is 5.02 Å². The molecule has 0 spiro atoms. The molecule has 8 heteroatoms. The van der Waals surface area contributed by atoms with Crippen molar-refractivity contribution in [2.45, 2.75) is 25.1 Å². The van der Waals surface area contributed by atoms with Gasteiger partial charge in [0.05, 0.1) is 36.3 Å². The quantitative estimate of drug-likeness (QED) is 0.633. The number of aliphatic hydroxyl groups is 1. The molecule has 0 saturated carbocycles. The summed E-state index contributed by atoms with van der Waals surface area (Å²) < 4.78 is 13.6. The number of halogens is 2. The Morgan fingerprint density at radius 1 is 1.23 bits per heavy atom. The smallest absolute Gasteiger partial charge is 0.274 e. The number of carbonyl (C=O) groups excluding carboxylic acids is 2. The maximum absolute atomic E-state index is 13.6. The van der Waals surface area contributed by atoms with Gasteiger partial charge in [-0.3, -0.25) is 14.6 Å². The van der Waals surface area contributed by atoms with Gasteiger partial charge < -0.3 is 15.3 Å². The molecule has 2 amide bonds. The standard InChI is InChI=1S/C23H21ClFN3O3/c24-19-9-14(10-21(30)28-12-16(25)11-17(28)13-29)5-6-20(19)27-23(31)22-18-4-2-1-3-15(18)7-8-26-22/h1-9,16-17,29H,10-13H2,(H,27,31)/t16-,17-/m0/s1. The molecule has 160 valence electrons. The van der Waals surface area contributed by atoms with E-state index in [1.165, 1.54) is 4.90 Å². The summed E-state index contributed by atoms with van der Waals surface area (Å²) in [5.74, 6) is -0.661. The number of alkyl halides is 1. The Bertz CT molecular complexity index is 1130. The van der Waals surface area contributed by atoms with E-state index < -0.39 is 12.2 Å². The average molecular weight is 442 g/mol. The topological polar surface area (TPSA) is 82.5 Å². The number of carbonyl (C=O) groups is 2. The first-order valence-electron chi connectivity index (χ1n) is 9.94. The van der Waals surface area contributed by atoms with E-state index in [2.05, 4.69) is 10.3 Å². The van der Waals surface area contributed by atoms with E-state index in [1.807, 2.05) is 30.3 Å². The van der Waals surface area contributed by atoms with Gasteiger partial charge in [-0.15, -0.1) is 0 Å². The molecule has 2 atom stereocenters. The zero-order chi connectivity index (χ0) is 22.0. The number of rotatable bonds is 5. The number of nitrogens with zero attached hydrogens (tertiary/aromatic N) is 2. The van der Waals surface area contributed by atoms with Gasteiger partial charge in [0.15, 0.2) is 0 Å². The second-order valence-corrected chi connectivity index (χ2v) is 7.95. The highest BCUT2D eigenvalue weighted by atomic mass is 35.5. The first kappa shape index (κ1) is 21.2. The molecular formula is C23H21ClFN3O3. The molecule has 6 nitrogen and oxygen atoms in total. The summed E-state index contributed by atoms with van der Waals surface area (Å²) in [4.78, 5) is 30.9. The van der Waals surface area contributed by atoms with Crippen LogP contribution >= 0.6 is 11.6 Å². The number of amides is 2. The molecule has 3 aromatic rings. The maximum atomic E-state index is 13.6. The predicted octanol–water partition coefficient (Wildman–Crippen LogP) is 3.61. The summed E-state index contributed by atoms with van der Waals surface area (Å²) in [6.07, 6.45) is 0.635. The fourth-order valence-corrected chi connectivity index (χ4v) is 4.12. The van der Waals surface area contributed by atoms with Crippen molar-refractivity contribution in [3.8, 4) is 0 Å². The number of fused-ring (bicyclic) bond motifs is 1. The van der Waals surface area contributed by atoms with E-state index in [0.717, 1.165) is 10.8 Å². The second-order valence-electron chi connectivity index (χ2n) is 7.54. The van der Waals surface area contributed by atoms with Crippen LogP contribution in [0, 0.1) is 0 Å². The van der Waals surface area contributed by atoms with Gasteiger partial charge in [-0.05, 0) is 29.1 Å². The summed E-state index contributed by atoms with van der Waals surface area (Å²) >= 11 is 6.34. The molecule has 1 aliphatic rings. The summed E-state index contributed by atoms with van der Waals surface area (Å²) in [6.45, 7) is -0.274. The molecule has 4 rings (SSSR count). The SMILES string of the molecule is O=C(Nc1ccc(CC(=O)N2C[C@@H](F)C[C@H]2CO)cc1Cl)c1nccc2ccccc12. The molecule has 2 heterocycles. The number of anilines is 1. The van der Waals surface area contributed by atoms with Crippen molar-refractivity contribution in [2.75, 3.05) is 18.5 Å². The Morgan fingerprint density at radius 2 is 2.03 bits per heavy atom. The minimum Gasteiger partial charge on any atom is -0.394 e. The normalized spacial score (nSPS) is 18.4. The molecule has 2 aromatic carbocycles. The Hall–Kier alpha value is -3.03. The number of hydrogen-bond donors (Lipinski definition) is 2. The number of pyridine rings is 1. The van der Waals surface area contributed by atoms with Crippen molar-refractivity contribution in [1.29, 1.82) is 0 Å². The van der Waals surface area contributed by atoms with Crippen molar-refractivity contribution < 1.29 is 19.1 Å². The van der Waals surface area contributed by atoms with E-state index >= 15 is 0 Å². The molecular weight excluding hydrogens is 421 g/mol. The van der Waals surface area contributed by atoms with Crippen LogP contribution in [-0.4, -0.2) is 52.2 Å². The van der Waals surface area contributed by atoms with Crippen LogP contribution in [0.1, 0.15) is 22.5 Å². The van der Waals surface area contributed by atoms with Crippen molar-refractivity contribution in [2.24, 2.45) is 0 Å². The lowest BCUT2D eigenvalue weighted by Gasteiger charge is -2.22. The van der Waals surface area contributed by atoms with Gasteiger partial charge in [-0.2, -0.15) is 0 Å². The number of hydrogen-bond acceptors (Lipinski definition) is 4. The van der Waals surface area contributed by atoms with Gasteiger partial charge in [0.25, 0.3) is 5.91 Å². The summed E-state index contributed by atoms with van der Waals surface area (Å²) in [7, 11) is 0.